The van der Waals surface area contributed by atoms with Crippen LogP contribution in [0.5, 0.6) is 0 Å². The van der Waals surface area contributed by atoms with Crippen molar-refractivity contribution in [3.8, 4) is 22.6 Å². The van der Waals surface area contributed by atoms with E-state index in [2.05, 4.69) is 28.5 Å². The summed E-state index contributed by atoms with van der Waals surface area (Å²) in [6, 6.07) is 27.7. The molecule has 0 fully saturated rings. The van der Waals surface area contributed by atoms with Crippen molar-refractivity contribution in [3.63, 3.8) is 0 Å². The van der Waals surface area contributed by atoms with Crippen LogP contribution in [0.4, 0.5) is 5.69 Å². The first kappa shape index (κ1) is 20.7. The van der Waals surface area contributed by atoms with Crippen LogP contribution >= 0.6 is 0 Å². The number of benzene rings is 4. The van der Waals surface area contributed by atoms with Crippen molar-refractivity contribution in [3.05, 3.63) is 107 Å². The highest BCUT2D eigenvalue weighted by molar-refractivity contribution is 6.05. The molecule has 0 spiro atoms. The number of aryl methyl sites for hydroxylation is 3. The van der Waals surface area contributed by atoms with E-state index >= 15 is 0 Å². The van der Waals surface area contributed by atoms with Gasteiger partial charge in [0.15, 0.2) is 5.58 Å². The van der Waals surface area contributed by atoms with Crippen LogP contribution < -0.4 is 5.32 Å². The van der Waals surface area contributed by atoms with Crippen molar-refractivity contribution in [2.75, 3.05) is 5.32 Å². The van der Waals surface area contributed by atoms with Crippen molar-refractivity contribution >= 4 is 22.7 Å². The molecule has 0 atom stereocenters. The van der Waals surface area contributed by atoms with Gasteiger partial charge in [0.1, 0.15) is 5.52 Å². The molecule has 1 heterocycles. The normalized spacial score (nSPS) is 11.0. The maximum Gasteiger partial charge on any atom is 0.255 e. The second-order valence-electron chi connectivity index (χ2n) is 8.38. The summed E-state index contributed by atoms with van der Waals surface area (Å²) in [5.41, 5.74) is 9.17. The van der Waals surface area contributed by atoms with Gasteiger partial charge in [0, 0.05) is 16.8 Å². The van der Waals surface area contributed by atoms with Gasteiger partial charge in [0.25, 0.3) is 5.91 Å². The van der Waals surface area contributed by atoms with Gasteiger partial charge in [-0.05, 0) is 78.9 Å². The average molecular weight is 433 g/mol. The molecule has 4 aromatic carbocycles. The standard InChI is InChI=1S/C29H24N2O2/c1-18-15-20(3)27-26(16-18)31-29(33-27)24-10-9-19(2)25(17-24)30-28(32)23-13-11-22(12-14-23)21-7-5-4-6-8-21/h4-17H,1-3H3,(H,30,32). The molecule has 0 aliphatic carbocycles. The quantitative estimate of drug-likeness (QED) is 0.323. The van der Waals surface area contributed by atoms with E-state index in [0.717, 1.165) is 50.2 Å². The Labute approximate surface area is 192 Å². The van der Waals surface area contributed by atoms with E-state index in [1.807, 2.05) is 87.5 Å². The van der Waals surface area contributed by atoms with Crippen molar-refractivity contribution in [1.29, 1.82) is 0 Å². The predicted molar refractivity (Wildman–Crippen MR) is 133 cm³/mol. The SMILES string of the molecule is Cc1cc(C)c2oc(-c3ccc(C)c(NC(=O)c4ccc(-c5ccccc5)cc4)c3)nc2c1. The number of hydrogen-bond donors (Lipinski definition) is 1. The van der Waals surface area contributed by atoms with Crippen LogP contribution in [0.2, 0.25) is 0 Å². The van der Waals surface area contributed by atoms with Gasteiger partial charge in [-0.25, -0.2) is 4.98 Å². The Morgan fingerprint density at radius 3 is 2.21 bits per heavy atom. The first-order chi connectivity index (χ1) is 16.0. The molecular weight excluding hydrogens is 408 g/mol. The third-order valence-corrected chi connectivity index (χ3v) is 5.81. The summed E-state index contributed by atoms with van der Waals surface area (Å²) in [5, 5.41) is 3.04. The Kier molecular flexibility index (Phi) is 5.27. The molecular formula is C29H24N2O2. The molecule has 0 aliphatic rings. The largest absolute Gasteiger partial charge is 0.436 e. The van der Waals surface area contributed by atoms with Gasteiger partial charge in [-0.15, -0.1) is 0 Å². The fraction of sp³-hybridized carbons (Fsp3) is 0.103. The number of rotatable bonds is 4. The first-order valence-electron chi connectivity index (χ1n) is 10.9. The zero-order chi connectivity index (χ0) is 22.9. The highest BCUT2D eigenvalue weighted by Gasteiger charge is 2.14. The summed E-state index contributed by atoms with van der Waals surface area (Å²) in [5.74, 6) is 0.389. The monoisotopic (exact) mass is 432 g/mol. The number of fused-ring (bicyclic) bond motifs is 1. The number of oxazole rings is 1. The molecule has 33 heavy (non-hydrogen) atoms. The van der Waals surface area contributed by atoms with E-state index < -0.39 is 0 Å². The molecule has 4 heteroatoms. The molecule has 0 aliphatic heterocycles. The number of nitrogens with one attached hydrogen (secondary N) is 1. The van der Waals surface area contributed by atoms with E-state index in [-0.39, 0.29) is 5.91 Å². The second-order valence-corrected chi connectivity index (χ2v) is 8.38. The number of anilines is 1. The highest BCUT2D eigenvalue weighted by atomic mass is 16.3. The predicted octanol–water partition coefficient (Wildman–Crippen LogP) is 7.34. The van der Waals surface area contributed by atoms with Crippen LogP contribution in [0.15, 0.2) is 89.3 Å². The molecule has 162 valence electrons. The average Bonchev–Trinajstić information content (AvgIpc) is 3.25. The summed E-state index contributed by atoms with van der Waals surface area (Å²) >= 11 is 0. The lowest BCUT2D eigenvalue weighted by Gasteiger charge is -2.10. The van der Waals surface area contributed by atoms with Crippen molar-refractivity contribution in [2.45, 2.75) is 20.8 Å². The Hall–Kier alpha value is -4.18. The van der Waals surface area contributed by atoms with Gasteiger partial charge in [0.05, 0.1) is 0 Å². The van der Waals surface area contributed by atoms with E-state index in [0.29, 0.717) is 11.5 Å². The van der Waals surface area contributed by atoms with Crippen LogP contribution in [-0.4, -0.2) is 10.9 Å². The fourth-order valence-electron chi connectivity index (χ4n) is 4.03. The van der Waals surface area contributed by atoms with Crippen LogP contribution in [0.3, 0.4) is 0 Å². The van der Waals surface area contributed by atoms with E-state index in [1.165, 1.54) is 0 Å². The first-order valence-corrected chi connectivity index (χ1v) is 10.9. The zero-order valence-corrected chi connectivity index (χ0v) is 18.8. The molecule has 0 saturated heterocycles. The lowest BCUT2D eigenvalue weighted by Crippen LogP contribution is -2.12. The van der Waals surface area contributed by atoms with E-state index in [4.69, 9.17) is 4.42 Å². The lowest BCUT2D eigenvalue weighted by molar-refractivity contribution is 0.102. The van der Waals surface area contributed by atoms with Gasteiger partial charge in [0.2, 0.25) is 5.89 Å². The molecule has 5 rings (SSSR count). The minimum atomic E-state index is -0.154. The molecule has 0 unspecified atom stereocenters. The third-order valence-electron chi connectivity index (χ3n) is 5.81. The lowest BCUT2D eigenvalue weighted by atomic mass is 10.0. The summed E-state index contributed by atoms with van der Waals surface area (Å²) < 4.78 is 6.06. The number of nitrogens with zero attached hydrogens (tertiary/aromatic N) is 1. The zero-order valence-electron chi connectivity index (χ0n) is 18.8. The second kappa shape index (κ2) is 8.40. The molecule has 1 aromatic heterocycles. The van der Waals surface area contributed by atoms with Gasteiger partial charge < -0.3 is 9.73 Å². The number of carbonyl (C=O) groups is 1. The summed E-state index contributed by atoms with van der Waals surface area (Å²) in [7, 11) is 0. The molecule has 0 saturated carbocycles. The maximum atomic E-state index is 12.9. The van der Waals surface area contributed by atoms with Gasteiger partial charge in [-0.2, -0.15) is 0 Å². The Balaban J connectivity index is 1.41. The fourth-order valence-corrected chi connectivity index (χ4v) is 4.03. The summed E-state index contributed by atoms with van der Waals surface area (Å²) in [4.78, 5) is 17.6. The number of aromatic nitrogens is 1. The van der Waals surface area contributed by atoms with Gasteiger partial charge >= 0.3 is 0 Å². The summed E-state index contributed by atoms with van der Waals surface area (Å²) in [6.45, 7) is 6.04. The molecule has 1 amide bonds. The smallest absolute Gasteiger partial charge is 0.255 e. The molecule has 0 bridgehead atoms. The molecule has 4 nitrogen and oxygen atoms in total. The molecule has 5 aromatic rings. The highest BCUT2D eigenvalue weighted by Crippen LogP contribution is 2.30. The van der Waals surface area contributed by atoms with Crippen LogP contribution in [0.1, 0.15) is 27.0 Å². The van der Waals surface area contributed by atoms with Crippen LogP contribution in [-0.2, 0) is 0 Å². The van der Waals surface area contributed by atoms with Crippen molar-refractivity contribution in [2.24, 2.45) is 0 Å². The Bertz CT molecular complexity index is 1470. The minimum absolute atomic E-state index is 0.154. The van der Waals surface area contributed by atoms with Gasteiger partial charge in [-0.1, -0.05) is 54.6 Å². The Morgan fingerprint density at radius 2 is 1.45 bits per heavy atom. The van der Waals surface area contributed by atoms with Gasteiger partial charge in [-0.3, -0.25) is 4.79 Å². The molecule has 1 N–H and O–H groups in total. The van der Waals surface area contributed by atoms with Crippen molar-refractivity contribution < 1.29 is 9.21 Å². The van der Waals surface area contributed by atoms with E-state index in [9.17, 15) is 4.79 Å². The van der Waals surface area contributed by atoms with Crippen molar-refractivity contribution in [1.82, 2.24) is 4.98 Å². The van der Waals surface area contributed by atoms with Crippen LogP contribution in [0.25, 0.3) is 33.7 Å². The van der Waals surface area contributed by atoms with E-state index in [1.54, 1.807) is 0 Å². The number of carbonyl (C=O) groups excluding carboxylic acids is 1. The minimum Gasteiger partial charge on any atom is -0.436 e. The summed E-state index contributed by atoms with van der Waals surface area (Å²) in [6.07, 6.45) is 0. The maximum absolute atomic E-state index is 12.9. The third kappa shape index (κ3) is 4.15. The number of hydrogen-bond acceptors (Lipinski definition) is 3. The topological polar surface area (TPSA) is 55.1 Å². The number of amides is 1. The molecule has 0 radical (unpaired) electrons. The Morgan fingerprint density at radius 1 is 0.758 bits per heavy atom. The van der Waals surface area contributed by atoms with Crippen LogP contribution in [0, 0.1) is 20.8 Å².